The number of phenolic OH excluding ortho intramolecular Hbond substituents is 2. The van der Waals surface area contributed by atoms with Crippen LogP contribution >= 0.6 is 0 Å². The Hall–Kier alpha value is -3.26. The first-order valence-electron chi connectivity index (χ1n) is 7.98. The molecule has 8 heteroatoms. The van der Waals surface area contributed by atoms with Gasteiger partial charge in [0.15, 0.2) is 17.1 Å². The van der Waals surface area contributed by atoms with Crippen LogP contribution < -0.4 is 10.6 Å². The van der Waals surface area contributed by atoms with Gasteiger partial charge >= 0.3 is 6.09 Å². The fourth-order valence-corrected chi connectivity index (χ4v) is 2.98. The van der Waals surface area contributed by atoms with E-state index in [1.165, 1.54) is 25.1 Å². The summed E-state index contributed by atoms with van der Waals surface area (Å²) in [6.07, 6.45) is -0.842. The van der Waals surface area contributed by atoms with Crippen LogP contribution in [-0.2, 0) is 0 Å². The predicted molar refractivity (Wildman–Crippen MR) is 96.1 cm³/mol. The standard InChI is InChI=1S/C18H18N2O6/c1-9(21)13-8-11-16(23)14-10(4-2-5-12(14)22)15(17(11)26-13)20(18(24)25)7-3-6-19/h2,4-5,8,22-23H,3,6-7,19H2,1H3,(H,24,25). The second kappa shape index (κ2) is 6.57. The fourth-order valence-electron chi connectivity index (χ4n) is 2.98. The molecular formula is C18H18N2O6. The van der Waals surface area contributed by atoms with Crippen LogP contribution in [0.1, 0.15) is 23.9 Å². The first kappa shape index (κ1) is 17.6. The lowest BCUT2D eigenvalue weighted by Gasteiger charge is -2.22. The number of carbonyl (C=O) groups excluding carboxylic acids is 1. The minimum Gasteiger partial charge on any atom is -0.507 e. The summed E-state index contributed by atoms with van der Waals surface area (Å²) in [7, 11) is 0. The maximum atomic E-state index is 11.9. The number of phenols is 2. The highest BCUT2D eigenvalue weighted by molar-refractivity contribution is 6.19. The summed E-state index contributed by atoms with van der Waals surface area (Å²) >= 11 is 0. The molecule has 1 amide bonds. The van der Waals surface area contributed by atoms with Crippen molar-refractivity contribution >= 4 is 39.3 Å². The Morgan fingerprint density at radius 3 is 2.58 bits per heavy atom. The van der Waals surface area contributed by atoms with Crippen molar-refractivity contribution in [1.82, 2.24) is 0 Å². The van der Waals surface area contributed by atoms with E-state index in [1.807, 2.05) is 0 Å². The average molecular weight is 358 g/mol. The van der Waals surface area contributed by atoms with E-state index >= 15 is 0 Å². The van der Waals surface area contributed by atoms with Gasteiger partial charge in [0.05, 0.1) is 16.5 Å². The molecule has 0 atom stereocenters. The third kappa shape index (κ3) is 2.70. The van der Waals surface area contributed by atoms with Crippen LogP contribution in [0.4, 0.5) is 10.5 Å². The van der Waals surface area contributed by atoms with Gasteiger partial charge in [-0.3, -0.25) is 9.69 Å². The maximum Gasteiger partial charge on any atom is 0.411 e. The first-order chi connectivity index (χ1) is 12.4. The molecule has 0 fully saturated rings. The Labute approximate surface area is 148 Å². The number of nitrogens with zero attached hydrogens (tertiary/aromatic N) is 1. The van der Waals surface area contributed by atoms with E-state index in [1.54, 1.807) is 6.07 Å². The number of carboxylic acid groups (broad SMARTS) is 1. The van der Waals surface area contributed by atoms with Crippen LogP contribution in [0, 0.1) is 0 Å². The molecule has 0 bridgehead atoms. The van der Waals surface area contributed by atoms with Crippen molar-refractivity contribution in [3.63, 3.8) is 0 Å². The number of carbonyl (C=O) groups is 2. The van der Waals surface area contributed by atoms with E-state index in [4.69, 9.17) is 10.2 Å². The van der Waals surface area contributed by atoms with Gasteiger partial charge in [-0.1, -0.05) is 12.1 Å². The zero-order chi connectivity index (χ0) is 19.0. The highest BCUT2D eigenvalue weighted by Crippen LogP contribution is 2.46. The van der Waals surface area contributed by atoms with Crippen LogP contribution in [-0.4, -0.2) is 40.3 Å². The molecule has 0 aliphatic heterocycles. The molecule has 0 spiro atoms. The number of Topliss-reactive ketones (excluding diaryl/α,β-unsaturated/α-hetero) is 1. The number of rotatable bonds is 5. The Morgan fingerprint density at radius 1 is 1.23 bits per heavy atom. The Kier molecular flexibility index (Phi) is 4.43. The normalized spacial score (nSPS) is 11.2. The molecule has 0 radical (unpaired) electrons. The van der Waals surface area contributed by atoms with Crippen molar-refractivity contribution in [2.45, 2.75) is 13.3 Å². The Balaban J connectivity index is 2.46. The number of aromatic hydroxyl groups is 2. The van der Waals surface area contributed by atoms with Crippen molar-refractivity contribution in [1.29, 1.82) is 0 Å². The van der Waals surface area contributed by atoms with Gasteiger partial charge in [-0.15, -0.1) is 0 Å². The van der Waals surface area contributed by atoms with Crippen molar-refractivity contribution in [3.8, 4) is 11.5 Å². The zero-order valence-corrected chi connectivity index (χ0v) is 14.0. The summed E-state index contributed by atoms with van der Waals surface area (Å²) in [5.74, 6) is -0.880. The minimum absolute atomic E-state index is 0.0180. The lowest BCUT2D eigenvalue weighted by atomic mass is 10.0. The predicted octanol–water partition coefficient (Wildman–Crippen LogP) is 3.03. The van der Waals surface area contributed by atoms with Crippen molar-refractivity contribution in [2.75, 3.05) is 18.0 Å². The van der Waals surface area contributed by atoms with E-state index < -0.39 is 6.09 Å². The van der Waals surface area contributed by atoms with E-state index in [0.717, 1.165) is 4.90 Å². The van der Waals surface area contributed by atoms with E-state index in [9.17, 15) is 24.9 Å². The van der Waals surface area contributed by atoms with E-state index in [2.05, 4.69) is 0 Å². The van der Waals surface area contributed by atoms with Crippen LogP contribution in [0.2, 0.25) is 0 Å². The molecule has 8 nitrogen and oxygen atoms in total. The third-order valence-electron chi connectivity index (χ3n) is 4.17. The second-order valence-electron chi connectivity index (χ2n) is 5.88. The highest BCUT2D eigenvalue weighted by Gasteiger charge is 2.27. The number of hydrogen-bond acceptors (Lipinski definition) is 6. The molecule has 3 rings (SSSR count). The van der Waals surface area contributed by atoms with Crippen LogP contribution in [0.5, 0.6) is 11.5 Å². The number of hydrogen-bond donors (Lipinski definition) is 4. The molecule has 136 valence electrons. The summed E-state index contributed by atoms with van der Waals surface area (Å²) in [5, 5.41) is 31.0. The minimum atomic E-state index is -1.24. The SMILES string of the molecule is CC(=O)c1cc2c(O)c3c(O)cccc3c(N(CCCN)C(=O)O)c2o1. The fraction of sp³-hybridized carbons (Fsp3) is 0.222. The molecular weight excluding hydrogens is 340 g/mol. The Bertz CT molecular complexity index is 1020. The number of fused-ring (bicyclic) bond motifs is 2. The summed E-state index contributed by atoms with van der Waals surface area (Å²) in [6, 6.07) is 5.82. The monoisotopic (exact) mass is 358 g/mol. The van der Waals surface area contributed by atoms with Gasteiger partial charge in [0.2, 0.25) is 0 Å². The molecule has 0 saturated heterocycles. The molecule has 0 aliphatic carbocycles. The number of amides is 1. The van der Waals surface area contributed by atoms with Crippen LogP contribution in [0.15, 0.2) is 28.7 Å². The van der Waals surface area contributed by atoms with Crippen molar-refractivity contribution in [2.24, 2.45) is 5.73 Å². The zero-order valence-electron chi connectivity index (χ0n) is 14.0. The van der Waals surface area contributed by atoms with Gasteiger partial charge in [-0.2, -0.15) is 0 Å². The van der Waals surface area contributed by atoms with Gasteiger partial charge in [0.25, 0.3) is 0 Å². The number of furan rings is 1. The summed E-state index contributed by atoms with van der Waals surface area (Å²) in [6.45, 7) is 1.67. The van der Waals surface area contributed by atoms with E-state index in [0.29, 0.717) is 11.8 Å². The molecule has 5 N–H and O–H groups in total. The van der Waals surface area contributed by atoms with Gasteiger partial charge in [-0.05, 0) is 25.1 Å². The molecule has 0 saturated carbocycles. The molecule has 3 aromatic rings. The molecule has 1 heterocycles. The van der Waals surface area contributed by atoms with Crippen LogP contribution in [0.3, 0.4) is 0 Å². The molecule has 0 aliphatic rings. The van der Waals surface area contributed by atoms with Crippen molar-refractivity contribution < 1.29 is 29.3 Å². The average Bonchev–Trinajstić information content (AvgIpc) is 3.03. The van der Waals surface area contributed by atoms with Gasteiger partial charge in [0.1, 0.15) is 11.5 Å². The number of ketones is 1. The molecule has 0 unspecified atom stereocenters. The quantitative estimate of drug-likeness (QED) is 0.514. The lowest BCUT2D eigenvalue weighted by Crippen LogP contribution is -2.31. The number of benzene rings is 2. The van der Waals surface area contributed by atoms with Crippen molar-refractivity contribution in [3.05, 3.63) is 30.0 Å². The van der Waals surface area contributed by atoms with Gasteiger partial charge < -0.3 is 25.5 Å². The summed E-state index contributed by atoms with van der Waals surface area (Å²) in [4.78, 5) is 24.6. The lowest BCUT2D eigenvalue weighted by molar-refractivity contribution is 0.0989. The topological polar surface area (TPSA) is 137 Å². The van der Waals surface area contributed by atoms with Crippen LogP contribution in [0.25, 0.3) is 21.7 Å². The summed E-state index contributed by atoms with van der Waals surface area (Å²) in [5.41, 5.74) is 5.72. The smallest absolute Gasteiger partial charge is 0.411 e. The molecule has 1 aromatic heterocycles. The largest absolute Gasteiger partial charge is 0.507 e. The second-order valence-corrected chi connectivity index (χ2v) is 5.88. The van der Waals surface area contributed by atoms with E-state index in [-0.39, 0.29) is 58.2 Å². The third-order valence-corrected chi connectivity index (χ3v) is 4.17. The number of anilines is 1. The first-order valence-corrected chi connectivity index (χ1v) is 7.98. The highest BCUT2D eigenvalue weighted by atomic mass is 16.4. The van der Waals surface area contributed by atoms with Gasteiger partial charge in [0, 0.05) is 18.9 Å². The molecule has 26 heavy (non-hydrogen) atoms. The summed E-state index contributed by atoms with van der Waals surface area (Å²) < 4.78 is 5.57. The van der Waals surface area contributed by atoms with Gasteiger partial charge in [-0.25, -0.2) is 4.79 Å². The number of nitrogens with two attached hydrogens (primary N) is 1. The molecule has 2 aromatic carbocycles. The maximum absolute atomic E-state index is 11.9. The Morgan fingerprint density at radius 2 is 1.96 bits per heavy atom.